The highest BCUT2D eigenvalue weighted by Gasteiger charge is 2.14. The lowest BCUT2D eigenvalue weighted by molar-refractivity contribution is -0.123. The van der Waals surface area contributed by atoms with Crippen LogP contribution in [0.5, 0.6) is 0 Å². The SMILES string of the molecule is Cc1cc(CS(=O)(=O)NOCC(N)=O)no1. The molecule has 0 radical (unpaired) electrons. The minimum absolute atomic E-state index is 0.243. The van der Waals surface area contributed by atoms with Crippen molar-refractivity contribution in [2.45, 2.75) is 12.7 Å². The lowest BCUT2D eigenvalue weighted by atomic mass is 10.4. The number of sulfonamides is 1. The first kappa shape index (κ1) is 12.6. The van der Waals surface area contributed by atoms with E-state index < -0.39 is 28.3 Å². The molecule has 9 heteroatoms. The maximum Gasteiger partial charge on any atom is 0.245 e. The Bertz CT molecular complexity index is 466. The summed E-state index contributed by atoms with van der Waals surface area (Å²) in [4.78, 5) is 16.4. The number of amides is 1. The Morgan fingerprint density at radius 2 is 2.38 bits per heavy atom. The van der Waals surface area contributed by atoms with Gasteiger partial charge < -0.3 is 10.3 Å². The van der Waals surface area contributed by atoms with Gasteiger partial charge in [0.25, 0.3) is 0 Å². The van der Waals surface area contributed by atoms with Crippen molar-refractivity contribution in [3.63, 3.8) is 0 Å². The van der Waals surface area contributed by atoms with Gasteiger partial charge in [-0.3, -0.25) is 9.63 Å². The van der Waals surface area contributed by atoms with E-state index in [1.54, 1.807) is 11.8 Å². The van der Waals surface area contributed by atoms with Crippen LogP contribution < -0.4 is 10.6 Å². The second-order valence-electron chi connectivity index (χ2n) is 3.03. The van der Waals surface area contributed by atoms with Gasteiger partial charge in [0.1, 0.15) is 23.8 Å². The molecule has 0 saturated heterocycles. The molecule has 0 atom stereocenters. The smallest absolute Gasteiger partial charge is 0.245 e. The molecule has 0 aliphatic rings. The summed E-state index contributed by atoms with van der Waals surface area (Å²) in [5.74, 6) is -0.674. The average Bonchev–Trinajstić information content (AvgIpc) is 2.48. The molecule has 0 aliphatic carbocycles. The van der Waals surface area contributed by atoms with Gasteiger partial charge in [0.05, 0.1) is 0 Å². The summed E-state index contributed by atoms with van der Waals surface area (Å²) in [5, 5.41) is 3.50. The number of carbonyl (C=O) groups excluding carboxylic acids is 1. The molecule has 90 valence electrons. The van der Waals surface area contributed by atoms with Crippen LogP contribution in [0.25, 0.3) is 0 Å². The lowest BCUT2D eigenvalue weighted by Gasteiger charge is -2.03. The number of hydrogen-bond donors (Lipinski definition) is 2. The van der Waals surface area contributed by atoms with Crippen LogP contribution in [0, 0.1) is 6.92 Å². The molecule has 0 bridgehead atoms. The molecule has 0 unspecified atom stereocenters. The summed E-state index contributed by atoms with van der Waals surface area (Å²) < 4.78 is 27.3. The summed E-state index contributed by atoms with van der Waals surface area (Å²) in [6, 6.07) is 1.48. The number of rotatable bonds is 6. The first-order valence-corrected chi connectivity index (χ1v) is 5.86. The second kappa shape index (κ2) is 5.05. The first-order chi connectivity index (χ1) is 7.39. The van der Waals surface area contributed by atoms with Crippen LogP contribution in [-0.2, 0) is 25.4 Å². The highest BCUT2D eigenvalue weighted by molar-refractivity contribution is 7.88. The van der Waals surface area contributed by atoms with Gasteiger partial charge in [-0.05, 0) is 6.92 Å². The Labute approximate surface area is 91.7 Å². The number of nitrogens with zero attached hydrogens (tertiary/aromatic N) is 1. The summed E-state index contributed by atoms with van der Waals surface area (Å²) >= 11 is 0. The second-order valence-corrected chi connectivity index (χ2v) is 4.71. The number of nitrogens with two attached hydrogens (primary N) is 1. The van der Waals surface area contributed by atoms with E-state index in [9.17, 15) is 13.2 Å². The Morgan fingerprint density at radius 3 is 2.88 bits per heavy atom. The average molecular weight is 249 g/mol. The highest BCUT2D eigenvalue weighted by Crippen LogP contribution is 2.05. The largest absolute Gasteiger partial charge is 0.368 e. The maximum absolute atomic E-state index is 11.3. The van der Waals surface area contributed by atoms with Crippen LogP contribution in [0.4, 0.5) is 0 Å². The lowest BCUT2D eigenvalue weighted by Crippen LogP contribution is -2.30. The standard InChI is InChI=1S/C7H11N3O5S/c1-5-2-6(9-15-5)4-16(12,13)10-14-3-7(8)11/h2,10H,3-4H2,1H3,(H2,8,11). The van der Waals surface area contributed by atoms with Crippen molar-refractivity contribution in [1.29, 1.82) is 0 Å². The monoisotopic (exact) mass is 249 g/mol. The van der Waals surface area contributed by atoms with Crippen LogP contribution >= 0.6 is 0 Å². The van der Waals surface area contributed by atoms with Crippen molar-refractivity contribution in [1.82, 2.24) is 10.0 Å². The van der Waals surface area contributed by atoms with Crippen LogP contribution in [-0.4, -0.2) is 26.1 Å². The number of nitrogens with one attached hydrogen (secondary N) is 1. The molecule has 8 nitrogen and oxygen atoms in total. The predicted molar refractivity (Wildman–Crippen MR) is 52.1 cm³/mol. The van der Waals surface area contributed by atoms with Gasteiger partial charge in [-0.15, -0.1) is 0 Å². The van der Waals surface area contributed by atoms with Crippen molar-refractivity contribution in [3.05, 3.63) is 17.5 Å². The Morgan fingerprint density at radius 1 is 1.69 bits per heavy atom. The molecule has 16 heavy (non-hydrogen) atoms. The van der Waals surface area contributed by atoms with Crippen molar-refractivity contribution in [3.8, 4) is 0 Å². The molecule has 1 aromatic heterocycles. The molecule has 1 amide bonds. The van der Waals surface area contributed by atoms with E-state index in [-0.39, 0.29) is 5.69 Å². The summed E-state index contributed by atoms with van der Waals surface area (Å²) in [7, 11) is -3.72. The van der Waals surface area contributed by atoms with Crippen LogP contribution in [0.2, 0.25) is 0 Å². The molecular formula is C7H11N3O5S. The van der Waals surface area contributed by atoms with Gasteiger partial charge in [-0.2, -0.15) is 0 Å². The summed E-state index contributed by atoms with van der Waals surface area (Å²) in [5.41, 5.74) is 4.99. The number of hydrogen-bond acceptors (Lipinski definition) is 6. The zero-order chi connectivity index (χ0) is 12.2. The normalized spacial score (nSPS) is 11.6. The number of primary amides is 1. The van der Waals surface area contributed by atoms with E-state index in [2.05, 4.69) is 9.99 Å². The van der Waals surface area contributed by atoms with Crippen molar-refractivity contribution < 1.29 is 22.6 Å². The maximum atomic E-state index is 11.3. The Kier molecular flexibility index (Phi) is 3.99. The molecule has 1 rings (SSSR count). The van der Waals surface area contributed by atoms with E-state index in [0.29, 0.717) is 5.76 Å². The predicted octanol–water partition coefficient (Wildman–Crippen LogP) is -1.18. The van der Waals surface area contributed by atoms with Crippen LogP contribution in [0.1, 0.15) is 11.5 Å². The van der Waals surface area contributed by atoms with E-state index in [4.69, 9.17) is 10.3 Å². The number of carbonyl (C=O) groups is 1. The zero-order valence-corrected chi connectivity index (χ0v) is 9.28. The molecule has 1 aromatic rings. The van der Waals surface area contributed by atoms with Crippen molar-refractivity contribution in [2.24, 2.45) is 5.73 Å². The molecule has 0 saturated carbocycles. The quantitative estimate of drug-likeness (QED) is 0.611. The molecular weight excluding hydrogens is 238 g/mol. The molecule has 3 N–H and O–H groups in total. The zero-order valence-electron chi connectivity index (χ0n) is 8.47. The summed E-state index contributed by atoms with van der Waals surface area (Å²) in [6.45, 7) is 1.11. The van der Waals surface area contributed by atoms with E-state index in [1.807, 2.05) is 0 Å². The van der Waals surface area contributed by atoms with Crippen molar-refractivity contribution >= 4 is 15.9 Å². The highest BCUT2D eigenvalue weighted by atomic mass is 32.2. The van der Waals surface area contributed by atoms with Crippen LogP contribution in [0.3, 0.4) is 0 Å². The third kappa shape index (κ3) is 4.38. The molecule has 0 fully saturated rings. The fraction of sp³-hybridized carbons (Fsp3) is 0.429. The van der Waals surface area contributed by atoms with Gasteiger partial charge in [0.15, 0.2) is 0 Å². The Hall–Kier alpha value is -1.45. The van der Waals surface area contributed by atoms with Crippen molar-refractivity contribution in [2.75, 3.05) is 6.61 Å². The van der Waals surface area contributed by atoms with Gasteiger partial charge >= 0.3 is 0 Å². The third-order valence-corrected chi connectivity index (χ3v) is 2.46. The first-order valence-electron chi connectivity index (χ1n) is 4.21. The van der Waals surface area contributed by atoms with Gasteiger partial charge in [0, 0.05) is 6.07 Å². The minimum atomic E-state index is -3.72. The molecule has 1 heterocycles. The van der Waals surface area contributed by atoms with E-state index >= 15 is 0 Å². The minimum Gasteiger partial charge on any atom is -0.368 e. The van der Waals surface area contributed by atoms with E-state index in [0.717, 1.165) is 0 Å². The van der Waals surface area contributed by atoms with E-state index in [1.165, 1.54) is 6.07 Å². The summed E-state index contributed by atoms with van der Waals surface area (Å²) in [6.07, 6.45) is 0. The number of aryl methyl sites for hydroxylation is 1. The topological polar surface area (TPSA) is 125 Å². The van der Waals surface area contributed by atoms with Gasteiger partial charge in [-0.25, -0.2) is 8.42 Å². The van der Waals surface area contributed by atoms with Crippen LogP contribution in [0.15, 0.2) is 10.6 Å². The third-order valence-electron chi connectivity index (χ3n) is 1.41. The molecule has 0 aliphatic heterocycles. The fourth-order valence-electron chi connectivity index (χ4n) is 0.900. The fourth-order valence-corrected chi connectivity index (χ4v) is 1.72. The number of aromatic nitrogens is 1. The molecule has 0 aromatic carbocycles. The molecule has 0 spiro atoms. The van der Waals surface area contributed by atoms with Gasteiger partial charge in [0.2, 0.25) is 15.9 Å². The Balaban J connectivity index is 2.49. The van der Waals surface area contributed by atoms with Gasteiger partial charge in [-0.1, -0.05) is 10.0 Å².